The second-order valence-corrected chi connectivity index (χ2v) is 5.48. The highest BCUT2D eigenvalue weighted by molar-refractivity contribution is 5.77. The predicted molar refractivity (Wildman–Crippen MR) is 64.7 cm³/mol. The third kappa shape index (κ3) is 1.96. The highest BCUT2D eigenvalue weighted by atomic mass is 16.2. The molecule has 1 spiro atoms. The van der Waals surface area contributed by atoms with Gasteiger partial charge in [0.05, 0.1) is 0 Å². The Morgan fingerprint density at radius 1 is 1.18 bits per heavy atom. The summed E-state index contributed by atoms with van der Waals surface area (Å²) in [5.74, 6) is 0. The van der Waals surface area contributed by atoms with Crippen LogP contribution in [0.25, 0.3) is 0 Å². The summed E-state index contributed by atoms with van der Waals surface area (Å²) < 4.78 is 1.59. The zero-order valence-electron chi connectivity index (χ0n) is 10.1. The highest BCUT2D eigenvalue weighted by Gasteiger charge is 2.40. The van der Waals surface area contributed by atoms with Crippen molar-refractivity contribution in [3.8, 4) is 0 Å². The van der Waals surface area contributed by atoms with Crippen LogP contribution in [0.15, 0.2) is 18.7 Å². The Morgan fingerprint density at radius 3 is 2.71 bits per heavy atom. The molecule has 1 aliphatic heterocycles. The first-order chi connectivity index (χ1) is 8.29. The van der Waals surface area contributed by atoms with Gasteiger partial charge in [0.1, 0.15) is 6.33 Å². The number of imidazole rings is 1. The number of nitrogens with zero attached hydrogens (tertiary/aromatic N) is 3. The topological polar surface area (TPSA) is 38.1 Å². The molecule has 4 heteroatoms. The molecular weight excluding hydrogens is 214 g/mol. The van der Waals surface area contributed by atoms with Crippen molar-refractivity contribution in [1.29, 1.82) is 0 Å². The van der Waals surface area contributed by atoms with Gasteiger partial charge in [0, 0.05) is 25.5 Å². The van der Waals surface area contributed by atoms with Gasteiger partial charge in [-0.05, 0) is 24.7 Å². The second-order valence-electron chi connectivity index (χ2n) is 5.48. The second kappa shape index (κ2) is 4.17. The third-order valence-corrected chi connectivity index (χ3v) is 4.35. The molecule has 1 aromatic heterocycles. The van der Waals surface area contributed by atoms with Gasteiger partial charge in [-0.25, -0.2) is 9.78 Å². The average Bonchev–Trinajstić information content (AvgIpc) is 2.99. The number of amides is 1. The van der Waals surface area contributed by atoms with Gasteiger partial charge >= 0.3 is 6.03 Å². The number of carbonyl (C=O) groups is 1. The van der Waals surface area contributed by atoms with E-state index in [-0.39, 0.29) is 6.03 Å². The maximum absolute atomic E-state index is 12.2. The van der Waals surface area contributed by atoms with Gasteiger partial charge in [-0.3, -0.25) is 4.57 Å². The van der Waals surface area contributed by atoms with Crippen molar-refractivity contribution < 1.29 is 4.79 Å². The van der Waals surface area contributed by atoms with Crippen LogP contribution < -0.4 is 0 Å². The van der Waals surface area contributed by atoms with Crippen LogP contribution in [0.5, 0.6) is 0 Å². The number of hydrogen-bond donors (Lipinski definition) is 0. The molecule has 1 aliphatic carbocycles. The third-order valence-electron chi connectivity index (χ3n) is 4.35. The van der Waals surface area contributed by atoms with Gasteiger partial charge < -0.3 is 4.90 Å². The Kier molecular flexibility index (Phi) is 2.65. The van der Waals surface area contributed by atoms with Gasteiger partial charge in [-0.2, -0.15) is 0 Å². The Morgan fingerprint density at radius 2 is 2.00 bits per heavy atom. The van der Waals surface area contributed by atoms with Crippen LogP contribution in [0.4, 0.5) is 4.79 Å². The molecule has 0 aromatic carbocycles. The Balaban J connectivity index is 1.69. The summed E-state index contributed by atoms with van der Waals surface area (Å²) >= 11 is 0. The lowest BCUT2D eigenvalue weighted by atomic mass is 9.73. The molecule has 4 nitrogen and oxygen atoms in total. The molecule has 0 atom stereocenters. The van der Waals surface area contributed by atoms with E-state index in [0.717, 1.165) is 13.1 Å². The van der Waals surface area contributed by atoms with E-state index in [1.807, 2.05) is 4.90 Å². The lowest BCUT2D eigenvalue weighted by Crippen LogP contribution is -2.35. The van der Waals surface area contributed by atoms with Crippen molar-refractivity contribution in [2.45, 2.75) is 38.5 Å². The quantitative estimate of drug-likeness (QED) is 0.690. The SMILES string of the molecule is O=C(N1CCC2(CCCCC2)C1)n1ccnc1. The van der Waals surface area contributed by atoms with Crippen molar-refractivity contribution in [2.24, 2.45) is 5.41 Å². The molecule has 1 saturated heterocycles. The van der Waals surface area contributed by atoms with Crippen molar-refractivity contribution in [3.05, 3.63) is 18.7 Å². The molecule has 3 rings (SSSR count). The van der Waals surface area contributed by atoms with Crippen molar-refractivity contribution in [1.82, 2.24) is 14.5 Å². The molecule has 0 N–H and O–H groups in total. The minimum Gasteiger partial charge on any atom is -0.323 e. The number of hydrogen-bond acceptors (Lipinski definition) is 2. The fraction of sp³-hybridized carbons (Fsp3) is 0.692. The Hall–Kier alpha value is -1.32. The van der Waals surface area contributed by atoms with Crippen LogP contribution in [0.1, 0.15) is 38.5 Å². The molecule has 2 fully saturated rings. The standard InChI is InChI=1S/C13H19N3O/c17-12(16-9-7-14-11-16)15-8-6-13(10-15)4-2-1-3-5-13/h7,9,11H,1-6,8,10H2. The predicted octanol–water partition coefficient (Wildman–Crippen LogP) is 2.51. The van der Waals surface area contributed by atoms with Crippen LogP contribution in [-0.2, 0) is 0 Å². The molecule has 0 bridgehead atoms. The summed E-state index contributed by atoms with van der Waals surface area (Å²) in [7, 11) is 0. The van der Waals surface area contributed by atoms with E-state index in [0.29, 0.717) is 5.41 Å². The summed E-state index contributed by atoms with van der Waals surface area (Å²) in [4.78, 5) is 18.1. The van der Waals surface area contributed by atoms with Crippen molar-refractivity contribution >= 4 is 6.03 Å². The lowest BCUT2D eigenvalue weighted by Gasteiger charge is -2.33. The molecule has 0 radical (unpaired) electrons. The van der Waals surface area contributed by atoms with Crippen molar-refractivity contribution in [2.75, 3.05) is 13.1 Å². The molecule has 0 unspecified atom stereocenters. The van der Waals surface area contributed by atoms with Crippen molar-refractivity contribution in [3.63, 3.8) is 0 Å². The average molecular weight is 233 g/mol. The van der Waals surface area contributed by atoms with E-state index < -0.39 is 0 Å². The van der Waals surface area contributed by atoms with Gasteiger partial charge in [-0.1, -0.05) is 19.3 Å². The number of aromatic nitrogens is 2. The molecular formula is C13H19N3O. The van der Waals surface area contributed by atoms with Gasteiger partial charge in [0.25, 0.3) is 0 Å². The monoisotopic (exact) mass is 233 g/mol. The zero-order chi connectivity index (χ0) is 11.7. The molecule has 2 heterocycles. The maximum atomic E-state index is 12.2. The molecule has 1 amide bonds. The molecule has 2 aliphatic rings. The fourth-order valence-corrected chi connectivity index (χ4v) is 3.34. The first-order valence-electron chi connectivity index (χ1n) is 6.56. The Labute approximate surface area is 102 Å². The van der Waals surface area contributed by atoms with Crippen LogP contribution in [0, 0.1) is 5.41 Å². The van der Waals surface area contributed by atoms with Crippen LogP contribution in [-0.4, -0.2) is 33.6 Å². The lowest BCUT2D eigenvalue weighted by molar-refractivity contribution is 0.178. The largest absolute Gasteiger partial charge is 0.329 e. The van der Waals surface area contributed by atoms with Crippen LogP contribution in [0.2, 0.25) is 0 Å². The normalized spacial score (nSPS) is 23.2. The fourth-order valence-electron chi connectivity index (χ4n) is 3.34. The zero-order valence-corrected chi connectivity index (χ0v) is 10.1. The van der Waals surface area contributed by atoms with E-state index >= 15 is 0 Å². The first kappa shape index (κ1) is 10.8. The van der Waals surface area contributed by atoms with E-state index in [1.165, 1.54) is 38.5 Å². The number of likely N-dealkylation sites (tertiary alicyclic amines) is 1. The summed E-state index contributed by atoms with van der Waals surface area (Å²) in [6.07, 6.45) is 12.8. The Bertz CT molecular complexity index is 393. The first-order valence-corrected chi connectivity index (χ1v) is 6.56. The van der Waals surface area contributed by atoms with Gasteiger partial charge in [0.15, 0.2) is 0 Å². The summed E-state index contributed by atoms with van der Waals surface area (Å²) in [6, 6.07) is 0.0879. The smallest absolute Gasteiger partial charge is 0.323 e. The van der Waals surface area contributed by atoms with E-state index in [2.05, 4.69) is 4.98 Å². The van der Waals surface area contributed by atoms with Crippen LogP contribution >= 0.6 is 0 Å². The maximum Gasteiger partial charge on any atom is 0.329 e. The summed E-state index contributed by atoms with van der Waals surface area (Å²) in [6.45, 7) is 1.86. The van der Waals surface area contributed by atoms with Crippen LogP contribution in [0.3, 0.4) is 0 Å². The van der Waals surface area contributed by atoms with E-state index in [1.54, 1.807) is 23.3 Å². The number of carbonyl (C=O) groups excluding carboxylic acids is 1. The molecule has 92 valence electrons. The van der Waals surface area contributed by atoms with E-state index in [4.69, 9.17) is 0 Å². The minimum atomic E-state index is 0.0879. The van der Waals surface area contributed by atoms with E-state index in [9.17, 15) is 4.79 Å². The van der Waals surface area contributed by atoms with Gasteiger partial charge in [-0.15, -0.1) is 0 Å². The molecule has 1 saturated carbocycles. The molecule has 17 heavy (non-hydrogen) atoms. The molecule has 1 aromatic rings. The minimum absolute atomic E-state index is 0.0879. The summed E-state index contributed by atoms with van der Waals surface area (Å²) in [5.41, 5.74) is 0.439. The summed E-state index contributed by atoms with van der Waals surface area (Å²) in [5, 5.41) is 0. The number of rotatable bonds is 0. The highest BCUT2D eigenvalue weighted by Crippen LogP contribution is 2.43. The van der Waals surface area contributed by atoms with Gasteiger partial charge in [0.2, 0.25) is 0 Å².